The summed E-state index contributed by atoms with van der Waals surface area (Å²) in [6, 6.07) is 3.85. The minimum absolute atomic E-state index is 0.0680. The molecule has 0 saturated carbocycles. The van der Waals surface area contributed by atoms with Gasteiger partial charge in [-0.2, -0.15) is 0 Å². The van der Waals surface area contributed by atoms with Crippen LogP contribution in [0.25, 0.3) is 10.9 Å². The summed E-state index contributed by atoms with van der Waals surface area (Å²) in [4.78, 5) is 27.0. The number of H-pyrrole nitrogens is 1. The molecule has 2 atom stereocenters. The van der Waals surface area contributed by atoms with E-state index in [-0.39, 0.29) is 30.1 Å². The van der Waals surface area contributed by atoms with Crippen LogP contribution in [-0.2, 0) is 16.0 Å². The fourth-order valence-electron chi connectivity index (χ4n) is 2.30. The van der Waals surface area contributed by atoms with Crippen molar-refractivity contribution >= 4 is 22.7 Å². The van der Waals surface area contributed by atoms with Crippen LogP contribution in [-0.4, -0.2) is 28.9 Å². The summed E-state index contributed by atoms with van der Waals surface area (Å²) >= 11 is 0. The van der Waals surface area contributed by atoms with Crippen LogP contribution in [0.3, 0.4) is 0 Å². The van der Waals surface area contributed by atoms with Gasteiger partial charge in [0.2, 0.25) is 11.8 Å². The van der Waals surface area contributed by atoms with Crippen LogP contribution in [0.15, 0.2) is 24.4 Å². The van der Waals surface area contributed by atoms with E-state index in [9.17, 15) is 14.0 Å². The summed E-state index contributed by atoms with van der Waals surface area (Å²) < 4.78 is 13.3. The lowest BCUT2D eigenvalue weighted by molar-refractivity contribution is -0.128. The molecule has 0 aliphatic carbocycles. The van der Waals surface area contributed by atoms with E-state index in [4.69, 9.17) is 0 Å². The van der Waals surface area contributed by atoms with Gasteiger partial charge in [0, 0.05) is 23.1 Å². The number of aromatic amines is 1. The van der Waals surface area contributed by atoms with Crippen LogP contribution in [0, 0.1) is 5.82 Å². The number of aromatic nitrogens is 1. The van der Waals surface area contributed by atoms with Crippen molar-refractivity contribution in [2.45, 2.75) is 45.7 Å². The van der Waals surface area contributed by atoms with Gasteiger partial charge in [0.15, 0.2) is 0 Å². The lowest BCUT2D eigenvalue weighted by Crippen LogP contribution is -2.47. The number of nitrogens with one attached hydrogen (secondary N) is 3. The molecule has 2 unspecified atom stereocenters. The molecule has 1 heterocycles. The van der Waals surface area contributed by atoms with Gasteiger partial charge < -0.3 is 15.6 Å². The first kappa shape index (κ1) is 17.0. The van der Waals surface area contributed by atoms with Crippen molar-refractivity contribution < 1.29 is 14.0 Å². The maximum atomic E-state index is 13.3. The van der Waals surface area contributed by atoms with Crippen molar-refractivity contribution in [1.29, 1.82) is 0 Å². The molecule has 0 aliphatic rings. The molecule has 2 amide bonds. The summed E-state index contributed by atoms with van der Waals surface area (Å²) in [6.45, 7) is 5.53. The lowest BCUT2D eigenvalue weighted by atomic mass is 10.1. The molecule has 2 aromatic rings. The normalized spacial score (nSPS) is 13.6. The van der Waals surface area contributed by atoms with Crippen LogP contribution in [0.1, 0.15) is 32.8 Å². The van der Waals surface area contributed by atoms with E-state index in [1.807, 2.05) is 13.8 Å². The Morgan fingerprint density at radius 2 is 2.00 bits per heavy atom. The van der Waals surface area contributed by atoms with E-state index in [0.29, 0.717) is 10.9 Å². The molecule has 124 valence electrons. The first-order valence-electron chi connectivity index (χ1n) is 7.76. The average molecular weight is 319 g/mol. The Hall–Kier alpha value is -2.37. The number of rotatable bonds is 6. The van der Waals surface area contributed by atoms with E-state index < -0.39 is 6.04 Å². The minimum Gasteiger partial charge on any atom is -0.361 e. The summed E-state index contributed by atoms with van der Waals surface area (Å²) in [5.74, 6) is -0.834. The molecule has 0 saturated heterocycles. The molecule has 3 N–H and O–H groups in total. The number of fused-ring (bicyclic) bond motifs is 1. The molecule has 23 heavy (non-hydrogen) atoms. The fraction of sp³-hybridized carbons (Fsp3) is 0.412. The molecular formula is C17H22FN3O2. The molecule has 5 nitrogen and oxygen atoms in total. The topological polar surface area (TPSA) is 74.0 Å². The van der Waals surface area contributed by atoms with Gasteiger partial charge in [-0.05, 0) is 44.0 Å². The Labute approximate surface area is 134 Å². The quantitative estimate of drug-likeness (QED) is 0.764. The highest BCUT2D eigenvalue weighted by Crippen LogP contribution is 2.19. The van der Waals surface area contributed by atoms with Gasteiger partial charge in [-0.3, -0.25) is 9.59 Å². The molecule has 1 aromatic carbocycles. The van der Waals surface area contributed by atoms with E-state index in [1.165, 1.54) is 12.1 Å². The Bertz CT molecular complexity index is 711. The van der Waals surface area contributed by atoms with Gasteiger partial charge in [0.1, 0.15) is 11.9 Å². The molecule has 0 aliphatic heterocycles. The fourth-order valence-corrected chi connectivity index (χ4v) is 2.30. The molecule has 0 spiro atoms. The van der Waals surface area contributed by atoms with Crippen molar-refractivity contribution in [2.24, 2.45) is 0 Å². The first-order chi connectivity index (χ1) is 10.9. The second-order valence-electron chi connectivity index (χ2n) is 5.79. The smallest absolute Gasteiger partial charge is 0.242 e. The van der Waals surface area contributed by atoms with Crippen molar-refractivity contribution in [2.75, 3.05) is 0 Å². The number of benzene rings is 1. The van der Waals surface area contributed by atoms with Gasteiger partial charge in [-0.1, -0.05) is 6.92 Å². The van der Waals surface area contributed by atoms with Crippen molar-refractivity contribution in [1.82, 2.24) is 15.6 Å². The Kier molecular flexibility index (Phi) is 5.36. The SMILES string of the molecule is CCC(C)NC(=O)C(C)NC(=O)Cc1c[nH]c2ccc(F)cc12. The van der Waals surface area contributed by atoms with E-state index in [1.54, 1.807) is 19.2 Å². The highest BCUT2D eigenvalue weighted by Gasteiger charge is 2.18. The zero-order chi connectivity index (χ0) is 17.0. The third kappa shape index (κ3) is 4.31. The summed E-state index contributed by atoms with van der Waals surface area (Å²) in [5.41, 5.74) is 1.48. The van der Waals surface area contributed by atoms with Crippen molar-refractivity contribution in [3.8, 4) is 0 Å². The first-order valence-corrected chi connectivity index (χ1v) is 7.76. The third-order valence-electron chi connectivity index (χ3n) is 3.85. The van der Waals surface area contributed by atoms with Crippen LogP contribution < -0.4 is 10.6 Å². The highest BCUT2D eigenvalue weighted by atomic mass is 19.1. The summed E-state index contributed by atoms with van der Waals surface area (Å²) in [6.07, 6.45) is 2.60. The highest BCUT2D eigenvalue weighted by molar-refractivity contribution is 5.91. The number of amides is 2. The van der Waals surface area contributed by atoms with Crippen LogP contribution in [0.2, 0.25) is 0 Å². The van der Waals surface area contributed by atoms with Gasteiger partial charge in [-0.15, -0.1) is 0 Å². The number of hydrogen-bond donors (Lipinski definition) is 3. The Morgan fingerprint density at radius 1 is 1.26 bits per heavy atom. The maximum absolute atomic E-state index is 13.3. The number of carbonyl (C=O) groups excluding carboxylic acids is 2. The monoisotopic (exact) mass is 319 g/mol. The average Bonchev–Trinajstić information content (AvgIpc) is 2.89. The third-order valence-corrected chi connectivity index (χ3v) is 3.85. The molecule has 2 rings (SSSR count). The van der Waals surface area contributed by atoms with Gasteiger partial charge in [-0.25, -0.2) is 4.39 Å². The molecule has 1 aromatic heterocycles. The maximum Gasteiger partial charge on any atom is 0.242 e. The summed E-state index contributed by atoms with van der Waals surface area (Å²) in [5, 5.41) is 6.17. The van der Waals surface area contributed by atoms with Crippen LogP contribution >= 0.6 is 0 Å². The second-order valence-corrected chi connectivity index (χ2v) is 5.79. The zero-order valence-corrected chi connectivity index (χ0v) is 13.6. The number of carbonyl (C=O) groups is 2. The molecule has 0 radical (unpaired) electrons. The minimum atomic E-state index is -0.613. The predicted octanol–water partition coefficient (Wildman–Crippen LogP) is 2.27. The van der Waals surface area contributed by atoms with Crippen LogP contribution in [0.5, 0.6) is 0 Å². The van der Waals surface area contributed by atoms with E-state index in [2.05, 4.69) is 15.6 Å². The molecular weight excluding hydrogens is 297 g/mol. The zero-order valence-electron chi connectivity index (χ0n) is 13.6. The van der Waals surface area contributed by atoms with Gasteiger partial charge in [0.05, 0.1) is 6.42 Å². The van der Waals surface area contributed by atoms with E-state index >= 15 is 0 Å². The Morgan fingerprint density at radius 3 is 2.70 bits per heavy atom. The number of hydrogen-bond acceptors (Lipinski definition) is 2. The van der Waals surface area contributed by atoms with Gasteiger partial charge >= 0.3 is 0 Å². The predicted molar refractivity (Wildman–Crippen MR) is 87.5 cm³/mol. The Balaban J connectivity index is 1.98. The molecule has 6 heteroatoms. The van der Waals surface area contributed by atoms with Crippen LogP contribution in [0.4, 0.5) is 4.39 Å². The molecule has 0 fully saturated rings. The second kappa shape index (κ2) is 7.26. The summed E-state index contributed by atoms with van der Waals surface area (Å²) in [7, 11) is 0. The largest absolute Gasteiger partial charge is 0.361 e. The number of halogens is 1. The van der Waals surface area contributed by atoms with Crippen molar-refractivity contribution in [3.63, 3.8) is 0 Å². The standard InChI is InChI=1S/C17H22FN3O2/c1-4-10(2)20-17(23)11(3)21-16(22)7-12-9-19-15-6-5-13(18)8-14(12)15/h5-6,8-11,19H,4,7H2,1-3H3,(H,20,23)(H,21,22). The molecule has 0 bridgehead atoms. The van der Waals surface area contributed by atoms with E-state index in [0.717, 1.165) is 11.9 Å². The van der Waals surface area contributed by atoms with Crippen molar-refractivity contribution in [3.05, 3.63) is 35.8 Å². The lowest BCUT2D eigenvalue weighted by Gasteiger charge is -2.17. The van der Waals surface area contributed by atoms with Gasteiger partial charge in [0.25, 0.3) is 0 Å².